The van der Waals surface area contributed by atoms with Crippen LogP contribution in [0.4, 0.5) is 26.2 Å². The Hall–Kier alpha value is -6.48. The Balaban J connectivity index is 0.000000188. The molecule has 2 fully saturated rings. The molecule has 21 heteroatoms. The molecule has 6 aromatic heterocycles. The average molecular weight is 989 g/mol. The summed E-state index contributed by atoms with van der Waals surface area (Å²) in [5.74, 6) is -1.08. The number of benzene rings is 2. The summed E-state index contributed by atoms with van der Waals surface area (Å²) in [6, 6.07) is 15.5. The van der Waals surface area contributed by atoms with Crippen LogP contribution in [0.3, 0.4) is 0 Å². The lowest BCUT2D eigenvalue weighted by atomic mass is 10.1. The molecule has 4 N–H and O–H groups in total. The smallest absolute Gasteiger partial charge is 0.408 e. The van der Waals surface area contributed by atoms with Crippen molar-refractivity contribution in [2.24, 2.45) is 0 Å². The third-order valence-electron chi connectivity index (χ3n) is 11.3. The third-order valence-corrected chi connectivity index (χ3v) is 11.6. The molecule has 2 saturated heterocycles. The highest BCUT2D eigenvalue weighted by Gasteiger charge is 2.22. The van der Waals surface area contributed by atoms with Gasteiger partial charge in [-0.15, -0.1) is 12.4 Å². The van der Waals surface area contributed by atoms with Crippen LogP contribution in [-0.4, -0.2) is 128 Å². The first-order valence-corrected chi connectivity index (χ1v) is 22.2. The van der Waals surface area contributed by atoms with Crippen molar-refractivity contribution in [2.45, 2.75) is 38.9 Å². The van der Waals surface area contributed by atoms with Gasteiger partial charge in [-0.3, -0.25) is 14.9 Å². The van der Waals surface area contributed by atoms with E-state index in [0.29, 0.717) is 29.0 Å². The fourth-order valence-corrected chi connectivity index (χ4v) is 8.23. The molecule has 8 heterocycles. The molecule has 0 aliphatic carbocycles. The number of pyridine rings is 4. The van der Waals surface area contributed by atoms with Gasteiger partial charge in [0.25, 0.3) is 0 Å². The quantitative estimate of drug-likeness (QED) is 0.0983. The number of β-amino-alcohol motifs (C(OH)–C–C–N with tert-alkyl or cyclic N) is 2. The predicted molar refractivity (Wildman–Crippen MR) is 266 cm³/mol. The first-order valence-electron chi connectivity index (χ1n) is 21.8. The van der Waals surface area contributed by atoms with Gasteiger partial charge in [-0.2, -0.15) is 9.97 Å². The van der Waals surface area contributed by atoms with Gasteiger partial charge in [-0.1, -0.05) is 25.4 Å². The summed E-state index contributed by atoms with van der Waals surface area (Å²) < 4.78 is 37.0. The Bertz CT molecular complexity index is 3060. The van der Waals surface area contributed by atoms with Crippen molar-refractivity contribution in [3.05, 3.63) is 136 Å². The molecular weight excluding hydrogens is 936 g/mol. The number of nitrogens with zero attached hydrogens (tertiary/aromatic N) is 9. The highest BCUT2D eigenvalue weighted by molar-refractivity contribution is 6.34. The third kappa shape index (κ3) is 13.8. The number of piperidine rings is 1. The number of nitrogens with one attached hydrogen (secondary N) is 2. The van der Waals surface area contributed by atoms with E-state index in [2.05, 4.69) is 55.2 Å². The second kappa shape index (κ2) is 24.7. The van der Waals surface area contributed by atoms with E-state index in [1.54, 1.807) is 24.8 Å². The molecule has 0 amide bonds. The van der Waals surface area contributed by atoms with E-state index in [9.17, 15) is 28.6 Å². The zero-order valence-corrected chi connectivity index (χ0v) is 38.3. The van der Waals surface area contributed by atoms with Gasteiger partial charge in [-0.05, 0) is 97.4 Å². The molecule has 8 aromatic rings. The molecule has 2 aliphatic heterocycles. The Labute approximate surface area is 406 Å². The van der Waals surface area contributed by atoms with E-state index in [1.165, 1.54) is 42.8 Å². The van der Waals surface area contributed by atoms with Crippen LogP contribution in [0.5, 0.6) is 0 Å². The van der Waals surface area contributed by atoms with E-state index in [0.717, 1.165) is 79.5 Å². The van der Waals surface area contributed by atoms with Crippen LogP contribution in [-0.2, 0) is 0 Å². The van der Waals surface area contributed by atoms with Crippen molar-refractivity contribution >= 4 is 84.9 Å². The summed E-state index contributed by atoms with van der Waals surface area (Å²) >= 11 is 5.81. The van der Waals surface area contributed by atoms with Gasteiger partial charge in [0.1, 0.15) is 45.4 Å². The van der Waals surface area contributed by atoms with Gasteiger partial charge in [-0.25, -0.2) is 28.3 Å². The van der Waals surface area contributed by atoms with Crippen molar-refractivity contribution < 1.29 is 27.8 Å². The van der Waals surface area contributed by atoms with E-state index in [4.69, 9.17) is 20.4 Å². The lowest BCUT2D eigenvalue weighted by molar-refractivity contribution is 0.109. The molecule has 2 aliphatic rings. The number of likely N-dealkylation sites (tertiary alicyclic amines) is 1. The molecule has 69 heavy (non-hydrogen) atoms. The number of aliphatic hydroxyl groups is 2. The zero-order valence-electron chi connectivity index (χ0n) is 36.7. The predicted octanol–water partition coefficient (Wildman–Crippen LogP) is 6.79. The number of hydrogen-bond acceptors (Lipinski definition) is 17. The van der Waals surface area contributed by atoms with Gasteiger partial charge in [0.2, 0.25) is 0 Å². The Morgan fingerprint density at radius 2 is 1.10 bits per heavy atom. The van der Waals surface area contributed by atoms with Gasteiger partial charge in [0.15, 0.2) is 0 Å². The van der Waals surface area contributed by atoms with Gasteiger partial charge in [0.05, 0.1) is 23.0 Å². The van der Waals surface area contributed by atoms with Crippen LogP contribution < -0.4 is 27.0 Å². The normalized spacial score (nSPS) is 14.9. The molecule has 0 saturated carbocycles. The number of piperazine rings is 1. The van der Waals surface area contributed by atoms with Crippen LogP contribution in [0.25, 0.3) is 43.5 Å². The van der Waals surface area contributed by atoms with Gasteiger partial charge >= 0.3 is 11.5 Å². The van der Waals surface area contributed by atoms with Crippen molar-refractivity contribution in [1.82, 2.24) is 39.7 Å². The highest BCUT2D eigenvalue weighted by atomic mass is 35.5. The Kier molecular flexibility index (Phi) is 18.6. The first kappa shape index (κ1) is 51.9. The number of hydrogen-bond donors (Lipinski definition) is 4. The summed E-state index contributed by atoms with van der Waals surface area (Å²) in [6.45, 7) is 6.54. The van der Waals surface area contributed by atoms with Crippen molar-refractivity contribution in [3.63, 3.8) is 0 Å². The SMILES string of the molecule is C.Cl.Clc1nccc2ccncc12.O=c1nc(NCC(O)CN2CCCCC2)c2cc(F)ccc2o1.O=c1nc(NCC(O)CN2CCN(c3nccc4ccncc34)CC2)c2cc(F)ccc2o1. The average Bonchev–Trinajstić information content (AvgIpc) is 3.34. The van der Waals surface area contributed by atoms with Crippen molar-refractivity contribution in [2.75, 3.05) is 81.0 Å². The standard InChI is InChI=1S/C23H23FN6O3.C16H20FN3O3.C8H5ClN2.CH4.ClH/c24-16-1-2-20-18(11-16)21(28-23(32)33-20)27-12-17(31)14-29-7-9-30(10-8-29)22-19-13-25-5-3-15(19)4-6-26-22;17-11-4-5-14-13(8-11)15(19-16(22)23-14)18-9-12(21)10-20-6-2-1-3-7-20;9-8-7-5-10-3-1-6(7)2-4-11-8;;/h1-6,11,13,17,31H,7-10,12,14H2,(H,27,28,32);4-5,8,12,21H,1-3,6-7,9-10H2,(H,18,19,22);1-5H;1H4;1H. The highest BCUT2D eigenvalue weighted by Crippen LogP contribution is 2.25. The van der Waals surface area contributed by atoms with Crippen LogP contribution in [0.15, 0.2) is 116 Å². The number of aliphatic hydroxyl groups excluding tert-OH is 2. The topological polar surface area (TPSA) is 212 Å². The number of aromatic nitrogens is 6. The molecule has 17 nitrogen and oxygen atoms in total. The zero-order chi connectivity index (χ0) is 46.7. The summed E-state index contributed by atoms with van der Waals surface area (Å²) in [6.07, 6.45) is 12.8. The molecule has 0 bridgehead atoms. The monoisotopic (exact) mass is 987 g/mol. The Morgan fingerprint density at radius 1 is 0.623 bits per heavy atom. The maximum atomic E-state index is 13.6. The minimum Gasteiger partial charge on any atom is -0.408 e. The molecule has 364 valence electrons. The fraction of sp³-hybridized carbons (Fsp3) is 0.333. The number of anilines is 3. The number of fused-ring (bicyclic) bond motifs is 4. The minimum absolute atomic E-state index is 0. The van der Waals surface area contributed by atoms with Gasteiger partial charge in [0, 0.05) is 100 Å². The maximum absolute atomic E-state index is 13.6. The molecular formula is C48H53Cl2F2N11O6. The van der Waals surface area contributed by atoms with E-state index >= 15 is 0 Å². The molecule has 2 aromatic carbocycles. The largest absolute Gasteiger partial charge is 0.441 e. The molecule has 0 radical (unpaired) electrons. The summed E-state index contributed by atoms with van der Waals surface area (Å²) in [7, 11) is 0. The van der Waals surface area contributed by atoms with Crippen LogP contribution >= 0.6 is 24.0 Å². The van der Waals surface area contributed by atoms with E-state index in [-0.39, 0.29) is 55.7 Å². The second-order valence-electron chi connectivity index (χ2n) is 16.1. The molecule has 2 unspecified atom stereocenters. The molecule has 10 rings (SSSR count). The summed E-state index contributed by atoms with van der Waals surface area (Å²) in [5.41, 5.74) is 0.501. The number of halogens is 4. The first-order chi connectivity index (χ1) is 32.6. The van der Waals surface area contributed by atoms with E-state index < -0.39 is 35.4 Å². The Morgan fingerprint density at radius 3 is 1.64 bits per heavy atom. The minimum atomic E-state index is -0.778. The van der Waals surface area contributed by atoms with Crippen LogP contribution in [0, 0.1) is 11.6 Å². The van der Waals surface area contributed by atoms with E-state index in [1.807, 2.05) is 36.7 Å². The molecule has 0 spiro atoms. The van der Waals surface area contributed by atoms with Crippen molar-refractivity contribution in [3.8, 4) is 0 Å². The summed E-state index contributed by atoms with van der Waals surface area (Å²) in [4.78, 5) is 54.0. The lowest BCUT2D eigenvalue weighted by Crippen LogP contribution is -2.49. The second-order valence-corrected chi connectivity index (χ2v) is 16.4. The lowest BCUT2D eigenvalue weighted by Gasteiger charge is -2.36. The maximum Gasteiger partial charge on any atom is 0.441 e. The van der Waals surface area contributed by atoms with Gasteiger partial charge < -0.3 is 39.5 Å². The van der Waals surface area contributed by atoms with Crippen LogP contribution in [0.2, 0.25) is 5.15 Å². The summed E-state index contributed by atoms with van der Waals surface area (Å²) in [5, 5.41) is 31.9. The molecule has 2 atom stereocenters. The van der Waals surface area contributed by atoms with Crippen molar-refractivity contribution in [1.29, 1.82) is 0 Å². The number of rotatable bonds is 11. The fourth-order valence-electron chi connectivity index (χ4n) is 8.02. The van der Waals surface area contributed by atoms with Crippen LogP contribution in [0.1, 0.15) is 26.7 Å².